The number of aromatic nitrogens is 2. The molecule has 1 rings (SSSR count). The minimum absolute atomic E-state index is 0.178. The minimum Gasteiger partial charge on any atom is -0.332 e. The molecule has 0 saturated carbocycles. The normalized spacial score (nSPS) is 13.6. The van der Waals surface area contributed by atoms with Gasteiger partial charge in [0.25, 0.3) is 0 Å². The lowest BCUT2D eigenvalue weighted by molar-refractivity contribution is 0.215. The van der Waals surface area contributed by atoms with Crippen molar-refractivity contribution in [3.63, 3.8) is 0 Å². The van der Waals surface area contributed by atoms with Crippen LogP contribution in [0.15, 0.2) is 18.7 Å². The van der Waals surface area contributed by atoms with E-state index in [4.69, 9.17) is 0 Å². The Morgan fingerprint density at radius 2 is 1.60 bits per heavy atom. The minimum atomic E-state index is 0.178. The van der Waals surface area contributed by atoms with Crippen molar-refractivity contribution in [3.8, 4) is 0 Å². The van der Waals surface area contributed by atoms with E-state index in [0.29, 0.717) is 5.92 Å². The van der Waals surface area contributed by atoms with Crippen LogP contribution in [0.3, 0.4) is 0 Å². The van der Waals surface area contributed by atoms with Gasteiger partial charge in [-0.15, -0.1) is 0 Å². The first kappa shape index (κ1) is 17.3. The van der Waals surface area contributed by atoms with Gasteiger partial charge < -0.3 is 4.57 Å². The van der Waals surface area contributed by atoms with Gasteiger partial charge in [-0.1, -0.05) is 65.2 Å². The molecule has 0 spiro atoms. The van der Waals surface area contributed by atoms with Gasteiger partial charge in [-0.25, -0.2) is 4.98 Å². The van der Waals surface area contributed by atoms with Crippen molar-refractivity contribution in [2.24, 2.45) is 5.92 Å². The Kier molecular flexibility index (Phi) is 7.94. The van der Waals surface area contributed by atoms with Crippen LogP contribution in [0, 0.1) is 5.92 Å². The van der Waals surface area contributed by atoms with Crippen LogP contribution < -0.4 is 0 Å². The second kappa shape index (κ2) is 9.20. The highest BCUT2D eigenvalue weighted by atomic mass is 15.1. The lowest BCUT2D eigenvalue weighted by Gasteiger charge is -2.33. The highest BCUT2D eigenvalue weighted by Crippen LogP contribution is 2.29. The molecule has 0 radical (unpaired) electrons. The van der Waals surface area contributed by atoms with Crippen molar-refractivity contribution in [1.82, 2.24) is 9.55 Å². The number of nitrogens with zero attached hydrogens (tertiary/aromatic N) is 2. The van der Waals surface area contributed by atoms with E-state index in [1.807, 2.05) is 12.5 Å². The second-order valence-electron chi connectivity index (χ2n) is 6.79. The quantitative estimate of drug-likeness (QED) is 0.469. The summed E-state index contributed by atoms with van der Waals surface area (Å²) >= 11 is 0. The number of rotatable bonds is 11. The van der Waals surface area contributed by atoms with Crippen LogP contribution in [0.5, 0.6) is 0 Å². The molecule has 0 aromatic carbocycles. The highest BCUT2D eigenvalue weighted by Gasteiger charge is 2.26. The van der Waals surface area contributed by atoms with E-state index < -0.39 is 0 Å². The van der Waals surface area contributed by atoms with Crippen LogP contribution in [0.25, 0.3) is 0 Å². The van der Waals surface area contributed by atoms with Gasteiger partial charge in [0.15, 0.2) is 0 Å². The van der Waals surface area contributed by atoms with Gasteiger partial charge >= 0.3 is 0 Å². The van der Waals surface area contributed by atoms with Crippen LogP contribution in [0.1, 0.15) is 85.5 Å². The van der Waals surface area contributed by atoms with Gasteiger partial charge in [0.1, 0.15) is 0 Å². The van der Waals surface area contributed by atoms with E-state index in [1.165, 1.54) is 57.8 Å². The van der Waals surface area contributed by atoms with Gasteiger partial charge in [0.2, 0.25) is 0 Å². The molecule has 2 heteroatoms. The summed E-state index contributed by atoms with van der Waals surface area (Å²) in [6.07, 6.45) is 18.5. The van der Waals surface area contributed by atoms with Crippen LogP contribution in [0.2, 0.25) is 0 Å². The van der Waals surface area contributed by atoms with Crippen LogP contribution in [-0.2, 0) is 5.54 Å². The molecule has 1 unspecified atom stereocenters. The second-order valence-corrected chi connectivity index (χ2v) is 6.79. The van der Waals surface area contributed by atoms with Gasteiger partial charge in [-0.3, -0.25) is 0 Å². The molecule has 2 nitrogen and oxygen atoms in total. The van der Waals surface area contributed by atoms with E-state index in [1.54, 1.807) is 0 Å². The third-order valence-corrected chi connectivity index (χ3v) is 4.87. The first-order chi connectivity index (χ1) is 9.59. The molecule has 1 heterocycles. The fourth-order valence-corrected chi connectivity index (χ4v) is 2.79. The van der Waals surface area contributed by atoms with Gasteiger partial charge in [0.05, 0.1) is 6.33 Å². The standard InChI is InChI=1S/C18H34N2/c1-5-6-7-8-9-10-11-12-13-17(2)18(3,4)20-15-14-19-16-20/h14-17H,5-13H2,1-4H3. The number of hydrogen-bond acceptors (Lipinski definition) is 1. The summed E-state index contributed by atoms with van der Waals surface area (Å²) in [7, 11) is 0. The highest BCUT2D eigenvalue weighted by molar-refractivity contribution is 4.89. The van der Waals surface area contributed by atoms with Gasteiger partial charge in [0, 0.05) is 17.9 Å². The monoisotopic (exact) mass is 278 g/mol. The van der Waals surface area contributed by atoms with E-state index >= 15 is 0 Å². The number of unbranched alkanes of at least 4 members (excludes halogenated alkanes) is 7. The summed E-state index contributed by atoms with van der Waals surface area (Å²) in [5.74, 6) is 0.691. The van der Waals surface area contributed by atoms with E-state index in [-0.39, 0.29) is 5.54 Å². The molecule has 1 aromatic rings. The molecule has 20 heavy (non-hydrogen) atoms. The lowest BCUT2D eigenvalue weighted by atomic mass is 9.84. The maximum Gasteiger partial charge on any atom is 0.0951 e. The van der Waals surface area contributed by atoms with Crippen molar-refractivity contribution < 1.29 is 0 Å². The largest absolute Gasteiger partial charge is 0.332 e. The van der Waals surface area contributed by atoms with Gasteiger partial charge in [-0.05, 0) is 26.2 Å². The summed E-state index contributed by atoms with van der Waals surface area (Å²) in [6.45, 7) is 9.30. The fraction of sp³-hybridized carbons (Fsp3) is 0.833. The number of hydrogen-bond donors (Lipinski definition) is 0. The Labute approximate surface area is 126 Å². The zero-order valence-electron chi connectivity index (χ0n) is 14.1. The molecule has 1 atom stereocenters. The van der Waals surface area contributed by atoms with Crippen LogP contribution in [0.4, 0.5) is 0 Å². The van der Waals surface area contributed by atoms with E-state index in [2.05, 4.69) is 43.4 Å². The predicted octanol–water partition coefficient (Wildman–Crippen LogP) is 5.79. The van der Waals surface area contributed by atoms with Crippen LogP contribution in [-0.4, -0.2) is 9.55 Å². The maximum absolute atomic E-state index is 4.18. The Balaban J connectivity index is 2.12. The average Bonchev–Trinajstić information content (AvgIpc) is 2.96. The Morgan fingerprint density at radius 1 is 1.00 bits per heavy atom. The van der Waals surface area contributed by atoms with Crippen molar-refractivity contribution >= 4 is 0 Å². The zero-order chi connectivity index (χ0) is 14.8. The molecule has 0 N–H and O–H groups in total. The molecule has 1 aromatic heterocycles. The first-order valence-corrected chi connectivity index (χ1v) is 8.57. The summed E-state index contributed by atoms with van der Waals surface area (Å²) < 4.78 is 2.25. The molecule has 116 valence electrons. The average molecular weight is 278 g/mol. The van der Waals surface area contributed by atoms with Gasteiger partial charge in [-0.2, -0.15) is 0 Å². The third-order valence-electron chi connectivity index (χ3n) is 4.87. The summed E-state index contributed by atoms with van der Waals surface area (Å²) in [4.78, 5) is 4.18. The molecule has 0 aliphatic heterocycles. The van der Waals surface area contributed by atoms with Crippen LogP contribution >= 0.6 is 0 Å². The lowest BCUT2D eigenvalue weighted by Crippen LogP contribution is -2.32. The summed E-state index contributed by atoms with van der Waals surface area (Å²) in [5.41, 5.74) is 0.178. The molecule has 0 bridgehead atoms. The molecule has 0 amide bonds. The summed E-state index contributed by atoms with van der Waals surface area (Å²) in [6, 6.07) is 0. The Morgan fingerprint density at radius 3 is 2.15 bits per heavy atom. The van der Waals surface area contributed by atoms with Crippen molar-refractivity contribution in [2.75, 3.05) is 0 Å². The van der Waals surface area contributed by atoms with E-state index in [9.17, 15) is 0 Å². The topological polar surface area (TPSA) is 17.8 Å². The molecular weight excluding hydrogens is 244 g/mol. The molecule has 0 aliphatic rings. The fourth-order valence-electron chi connectivity index (χ4n) is 2.79. The van der Waals surface area contributed by atoms with Crippen molar-refractivity contribution in [1.29, 1.82) is 0 Å². The smallest absolute Gasteiger partial charge is 0.0951 e. The zero-order valence-corrected chi connectivity index (χ0v) is 14.1. The van der Waals surface area contributed by atoms with E-state index in [0.717, 1.165) is 0 Å². The predicted molar refractivity (Wildman–Crippen MR) is 87.9 cm³/mol. The molecule has 0 saturated heterocycles. The summed E-state index contributed by atoms with van der Waals surface area (Å²) in [5, 5.41) is 0. The first-order valence-electron chi connectivity index (χ1n) is 8.57. The van der Waals surface area contributed by atoms with Crippen molar-refractivity contribution in [2.45, 2.75) is 91.0 Å². The SMILES string of the molecule is CCCCCCCCCCC(C)C(C)(C)n1ccnc1. The molecular formula is C18H34N2. The maximum atomic E-state index is 4.18. The van der Waals surface area contributed by atoms with Crippen molar-refractivity contribution in [3.05, 3.63) is 18.7 Å². The third kappa shape index (κ3) is 5.68. The Hall–Kier alpha value is -0.790. The molecule has 0 fully saturated rings. The number of imidazole rings is 1. The molecule has 0 aliphatic carbocycles. The Bertz CT molecular complexity index is 327.